The topological polar surface area (TPSA) is 38.9 Å². The van der Waals surface area contributed by atoms with E-state index in [1.54, 1.807) is 6.20 Å². The molecule has 2 heteroatoms. The number of hydrogen-bond donors (Lipinski definition) is 1. The van der Waals surface area contributed by atoms with Crippen LogP contribution >= 0.6 is 0 Å². The SMILES string of the molecule is C/C=C/C=C(\C=C/N)c1ccccn1. The first kappa shape index (κ1) is 10.3. The molecule has 2 nitrogen and oxygen atoms in total. The van der Waals surface area contributed by atoms with Gasteiger partial charge in [-0.2, -0.15) is 0 Å². The molecule has 0 aliphatic heterocycles. The summed E-state index contributed by atoms with van der Waals surface area (Å²) in [4.78, 5) is 4.24. The number of rotatable bonds is 3. The van der Waals surface area contributed by atoms with Gasteiger partial charge in [-0.05, 0) is 31.3 Å². The lowest BCUT2D eigenvalue weighted by Crippen LogP contribution is -1.86. The number of nitrogens with two attached hydrogens (primary N) is 1. The zero-order chi connectivity index (χ0) is 10.2. The van der Waals surface area contributed by atoms with E-state index in [1.165, 1.54) is 6.20 Å². The van der Waals surface area contributed by atoms with Crippen molar-refractivity contribution in [1.29, 1.82) is 0 Å². The van der Waals surface area contributed by atoms with Crippen molar-refractivity contribution in [2.45, 2.75) is 6.92 Å². The van der Waals surface area contributed by atoms with Crippen LogP contribution in [0.2, 0.25) is 0 Å². The number of hydrogen-bond acceptors (Lipinski definition) is 2. The summed E-state index contributed by atoms with van der Waals surface area (Å²) >= 11 is 0. The molecule has 72 valence electrons. The molecule has 0 amide bonds. The van der Waals surface area contributed by atoms with E-state index >= 15 is 0 Å². The average molecular weight is 186 g/mol. The molecule has 0 aliphatic carbocycles. The van der Waals surface area contributed by atoms with Gasteiger partial charge in [0, 0.05) is 11.8 Å². The summed E-state index contributed by atoms with van der Waals surface area (Å²) < 4.78 is 0. The monoisotopic (exact) mass is 186 g/mol. The molecule has 1 rings (SSSR count). The normalized spacial score (nSPS) is 12.8. The predicted molar refractivity (Wildman–Crippen MR) is 60.4 cm³/mol. The Labute approximate surface area is 84.5 Å². The molecule has 1 aromatic heterocycles. The third-order valence-electron chi connectivity index (χ3n) is 1.70. The quantitative estimate of drug-likeness (QED) is 0.737. The Morgan fingerprint density at radius 2 is 2.29 bits per heavy atom. The molecule has 0 atom stereocenters. The van der Waals surface area contributed by atoms with Gasteiger partial charge in [0.05, 0.1) is 5.69 Å². The van der Waals surface area contributed by atoms with E-state index in [0.717, 1.165) is 11.3 Å². The van der Waals surface area contributed by atoms with Crippen molar-refractivity contribution in [1.82, 2.24) is 4.98 Å². The van der Waals surface area contributed by atoms with Crippen molar-refractivity contribution < 1.29 is 0 Å². The minimum absolute atomic E-state index is 0.923. The molecule has 0 aromatic carbocycles. The van der Waals surface area contributed by atoms with Gasteiger partial charge >= 0.3 is 0 Å². The van der Waals surface area contributed by atoms with Crippen LogP contribution in [0.5, 0.6) is 0 Å². The van der Waals surface area contributed by atoms with Crippen LogP contribution in [0, 0.1) is 0 Å². The Morgan fingerprint density at radius 1 is 1.43 bits per heavy atom. The Morgan fingerprint density at radius 3 is 2.86 bits per heavy atom. The fourth-order valence-electron chi connectivity index (χ4n) is 1.06. The van der Waals surface area contributed by atoms with Crippen LogP contribution in [0.1, 0.15) is 12.6 Å². The molecule has 0 radical (unpaired) electrons. The first-order valence-corrected chi connectivity index (χ1v) is 4.51. The molecule has 1 heterocycles. The molecule has 14 heavy (non-hydrogen) atoms. The second-order valence-electron chi connectivity index (χ2n) is 2.72. The first-order chi connectivity index (χ1) is 6.88. The van der Waals surface area contributed by atoms with E-state index in [4.69, 9.17) is 5.73 Å². The maximum absolute atomic E-state index is 5.37. The number of allylic oxidation sites excluding steroid dienone is 5. The lowest BCUT2D eigenvalue weighted by Gasteiger charge is -1.98. The molecule has 0 spiro atoms. The van der Waals surface area contributed by atoms with Crippen LogP contribution < -0.4 is 5.73 Å². The largest absolute Gasteiger partial charge is 0.405 e. The van der Waals surface area contributed by atoms with Crippen molar-refractivity contribution in [3.63, 3.8) is 0 Å². The summed E-state index contributed by atoms with van der Waals surface area (Å²) in [6.07, 6.45) is 11.0. The number of aromatic nitrogens is 1. The average Bonchev–Trinajstić information content (AvgIpc) is 2.25. The highest BCUT2D eigenvalue weighted by Crippen LogP contribution is 2.12. The second-order valence-corrected chi connectivity index (χ2v) is 2.72. The Kier molecular flexibility index (Phi) is 4.21. The van der Waals surface area contributed by atoms with Crippen molar-refractivity contribution in [2.75, 3.05) is 0 Å². The lowest BCUT2D eigenvalue weighted by atomic mass is 10.1. The van der Waals surface area contributed by atoms with Crippen molar-refractivity contribution in [3.05, 3.63) is 60.6 Å². The summed E-state index contributed by atoms with van der Waals surface area (Å²) in [5.41, 5.74) is 7.29. The molecular weight excluding hydrogens is 172 g/mol. The zero-order valence-corrected chi connectivity index (χ0v) is 8.22. The van der Waals surface area contributed by atoms with Crippen molar-refractivity contribution >= 4 is 5.57 Å². The molecule has 0 bridgehead atoms. The third kappa shape index (κ3) is 2.90. The number of nitrogens with zero attached hydrogens (tertiary/aromatic N) is 1. The second kappa shape index (κ2) is 5.75. The molecule has 0 saturated heterocycles. The smallest absolute Gasteiger partial charge is 0.0702 e. The minimum atomic E-state index is 0.923. The summed E-state index contributed by atoms with van der Waals surface area (Å²) in [5, 5.41) is 0. The summed E-state index contributed by atoms with van der Waals surface area (Å²) in [7, 11) is 0. The van der Waals surface area contributed by atoms with Gasteiger partial charge in [0.2, 0.25) is 0 Å². The van der Waals surface area contributed by atoms with Crippen LogP contribution in [-0.2, 0) is 0 Å². The highest BCUT2D eigenvalue weighted by molar-refractivity contribution is 5.72. The van der Waals surface area contributed by atoms with Crippen molar-refractivity contribution in [2.24, 2.45) is 5.73 Å². The molecular formula is C12H14N2. The van der Waals surface area contributed by atoms with Crippen LogP contribution in [0.25, 0.3) is 5.57 Å². The Hall–Kier alpha value is -1.83. The highest BCUT2D eigenvalue weighted by Gasteiger charge is 1.95. The fourth-order valence-corrected chi connectivity index (χ4v) is 1.06. The van der Waals surface area contributed by atoms with E-state index in [1.807, 2.05) is 49.4 Å². The standard InChI is InChI=1S/C12H14N2/c1-2-3-6-11(8-9-13)12-7-4-5-10-14-12/h2-10H,13H2,1H3/b3-2+,9-8-,11-6+. The van der Waals surface area contributed by atoms with Gasteiger partial charge in [0.1, 0.15) is 0 Å². The van der Waals surface area contributed by atoms with Gasteiger partial charge in [-0.15, -0.1) is 0 Å². The van der Waals surface area contributed by atoms with Gasteiger partial charge < -0.3 is 5.73 Å². The summed E-state index contributed by atoms with van der Waals surface area (Å²) in [6.45, 7) is 1.97. The third-order valence-corrected chi connectivity index (χ3v) is 1.70. The summed E-state index contributed by atoms with van der Waals surface area (Å²) in [5.74, 6) is 0. The minimum Gasteiger partial charge on any atom is -0.405 e. The van der Waals surface area contributed by atoms with E-state index < -0.39 is 0 Å². The van der Waals surface area contributed by atoms with Crippen LogP contribution in [0.15, 0.2) is 54.9 Å². The fraction of sp³-hybridized carbons (Fsp3) is 0.0833. The molecule has 0 saturated carbocycles. The molecule has 0 unspecified atom stereocenters. The van der Waals surface area contributed by atoms with Crippen molar-refractivity contribution in [3.8, 4) is 0 Å². The predicted octanol–water partition coefficient (Wildman–Crippen LogP) is 2.51. The molecule has 1 aromatic rings. The molecule has 2 N–H and O–H groups in total. The Balaban J connectivity index is 3.00. The van der Waals surface area contributed by atoms with Crippen LogP contribution in [0.4, 0.5) is 0 Å². The number of pyridine rings is 1. The van der Waals surface area contributed by atoms with Crippen LogP contribution in [-0.4, -0.2) is 4.98 Å². The first-order valence-electron chi connectivity index (χ1n) is 4.51. The van der Waals surface area contributed by atoms with E-state index in [-0.39, 0.29) is 0 Å². The highest BCUT2D eigenvalue weighted by atomic mass is 14.7. The van der Waals surface area contributed by atoms with E-state index in [9.17, 15) is 0 Å². The molecule has 0 fully saturated rings. The summed E-state index contributed by atoms with van der Waals surface area (Å²) in [6, 6.07) is 5.80. The van der Waals surface area contributed by atoms with Gasteiger partial charge in [-0.3, -0.25) is 4.98 Å². The maximum atomic E-state index is 5.37. The maximum Gasteiger partial charge on any atom is 0.0702 e. The van der Waals surface area contributed by atoms with Gasteiger partial charge in [-0.1, -0.05) is 24.3 Å². The van der Waals surface area contributed by atoms with E-state index in [0.29, 0.717) is 0 Å². The van der Waals surface area contributed by atoms with E-state index in [2.05, 4.69) is 4.98 Å². The van der Waals surface area contributed by atoms with Crippen LogP contribution in [0.3, 0.4) is 0 Å². The molecule has 0 aliphatic rings. The van der Waals surface area contributed by atoms with Gasteiger partial charge in [0.25, 0.3) is 0 Å². The lowest BCUT2D eigenvalue weighted by molar-refractivity contribution is 1.28. The zero-order valence-electron chi connectivity index (χ0n) is 8.22. The Bertz CT molecular complexity index is 348. The van der Waals surface area contributed by atoms with Gasteiger partial charge in [0.15, 0.2) is 0 Å². The van der Waals surface area contributed by atoms with Gasteiger partial charge in [-0.25, -0.2) is 0 Å².